The van der Waals surface area contributed by atoms with Crippen molar-refractivity contribution in [3.8, 4) is 0 Å². The Morgan fingerprint density at radius 3 is 0.380 bits per heavy atom. The van der Waals surface area contributed by atoms with Crippen molar-refractivity contribution in [1.82, 2.24) is 0 Å². The zero-order valence-corrected chi connectivity index (χ0v) is 40.9. The van der Waals surface area contributed by atoms with Crippen LogP contribution in [0.5, 0.6) is 0 Å². The number of hydrogen-bond acceptors (Lipinski definition) is 7. The third kappa shape index (κ3) is 5140. The Labute approximate surface area is 425 Å². The summed E-state index contributed by atoms with van der Waals surface area (Å²) in [5, 5.41) is 27.6. The van der Waals surface area contributed by atoms with Gasteiger partial charge in [0.15, 0.2) is 34.3 Å². The molecule has 0 aromatic carbocycles. The van der Waals surface area contributed by atoms with Crippen molar-refractivity contribution in [2.45, 2.75) is 46.1 Å². The van der Waals surface area contributed by atoms with E-state index in [1.165, 1.54) is 20.8 Å². The summed E-state index contributed by atoms with van der Waals surface area (Å²) >= 11 is 0. The molecular weight excluding hydrogens is 1270 g/mol. The third-order valence-electron chi connectivity index (χ3n) is 0.864. The predicted molar refractivity (Wildman–Crippen MR) is 203 cm³/mol. The lowest BCUT2D eigenvalue weighted by molar-refractivity contribution is -0.281. The van der Waals surface area contributed by atoms with Crippen LogP contribution in [0.4, 0.5) is 185 Å². The molecular formula is C30H64F42O7. The van der Waals surface area contributed by atoms with E-state index in [-0.39, 0.29) is 20.0 Å². The van der Waals surface area contributed by atoms with Crippen LogP contribution in [-0.2, 0) is 14.6 Å². The first kappa shape index (κ1) is 152. The average molecular weight is 1330 g/mol. The Hall–Kier alpha value is -3.22. The van der Waals surface area contributed by atoms with Gasteiger partial charge < -0.3 is 20.4 Å². The van der Waals surface area contributed by atoms with Crippen LogP contribution in [0.15, 0.2) is 0 Å². The number of halogens is 42. The maximum absolute atomic E-state index is 12.0. The summed E-state index contributed by atoms with van der Waals surface area (Å²) in [6.45, 7) is -28.3. The zero-order chi connectivity index (χ0) is 70.1. The van der Waals surface area contributed by atoms with Crippen molar-refractivity contribution >= 4 is 0 Å². The second-order valence-corrected chi connectivity index (χ2v) is 5.17. The first-order chi connectivity index (χ1) is 36.9. The Bertz CT molecular complexity index is 409. The lowest BCUT2D eigenvalue weighted by atomic mass is 10.2. The molecule has 0 aliphatic heterocycles. The lowest BCUT2D eigenvalue weighted by Gasteiger charge is -2.18. The molecule has 0 rings (SSSR count). The van der Waals surface area contributed by atoms with Crippen molar-refractivity contribution in [3.63, 3.8) is 0 Å². The molecule has 0 spiro atoms. The summed E-state index contributed by atoms with van der Waals surface area (Å²) in [6.07, 6.45) is -5.89. The van der Waals surface area contributed by atoms with E-state index in [0.717, 1.165) is 0 Å². The number of hydrogen-bond donors (Lipinski definition) is 4. The minimum Gasteiger partial charge on any atom is -0.366 e. The molecule has 79 heavy (non-hydrogen) atoms. The van der Waals surface area contributed by atoms with Crippen LogP contribution >= 0.6 is 0 Å². The largest absolute Gasteiger partial charge is 0.366 e. The smallest absolute Gasteiger partial charge is 0.363 e. The lowest BCUT2D eigenvalue weighted by Crippen LogP contribution is -2.29. The van der Waals surface area contributed by atoms with Gasteiger partial charge in [-0.3, -0.25) is 17.9 Å². The molecule has 0 aromatic heterocycles. The minimum absolute atomic E-state index is 0.250. The van der Waals surface area contributed by atoms with Crippen molar-refractivity contribution in [1.29, 1.82) is 0 Å². The van der Waals surface area contributed by atoms with Crippen LogP contribution in [0.3, 0.4) is 0 Å². The Kier molecular flexibility index (Phi) is 612. The number of aliphatic hydroxyl groups excluding tert-OH is 4. The first-order valence-electron chi connectivity index (χ1n) is 16.3. The number of ether oxygens (including phenoxy) is 1. The van der Waals surface area contributed by atoms with Gasteiger partial charge in [0, 0.05) is 0 Å². The van der Waals surface area contributed by atoms with E-state index in [1.54, 1.807) is 0 Å². The Morgan fingerprint density at radius 1 is 0.266 bits per heavy atom. The second-order valence-electron chi connectivity index (χ2n) is 5.17. The maximum atomic E-state index is 12.0. The van der Waals surface area contributed by atoms with Gasteiger partial charge in [-0.05, 0) is 36.7 Å². The normalized spacial score (nSPS) is 7.22. The van der Waals surface area contributed by atoms with Gasteiger partial charge in [0.2, 0.25) is 104 Å². The van der Waals surface area contributed by atoms with Crippen molar-refractivity contribution in [2.75, 3.05) is 158 Å². The Morgan fingerprint density at radius 2 is 0.342 bits per heavy atom. The molecule has 0 aliphatic rings. The van der Waals surface area contributed by atoms with Gasteiger partial charge in [-0.2, -0.15) is 18.7 Å². The van der Waals surface area contributed by atoms with Gasteiger partial charge >= 0.3 is 6.11 Å². The standard InChI is InChI=1S/C5H7F5O.3C2H5F.2CH2F2O.13CH2F2.4CH3FO/c1-4(7,8)2-5(9,10)11-3-6;3*1-2-3;2*2-1-4-3;17*2-1-3/h2-3H2,1H3;3*2H2,1H3;2*1H2;13*1H2;4*3H,1H2. The first-order valence-corrected chi connectivity index (χ1v) is 16.3. The monoisotopic (exact) mass is 1330 g/mol. The SMILES string of the molecule is CC(F)(F)CC(F)(F)OCF.CCF.CCF.CCF.FCF.FCF.FCF.FCF.FCF.FCF.FCF.FCF.FCF.FCF.FCF.FCF.FCF.FCOF.FCOF.OCF.OCF.OCF.OCF. The number of alkyl halides is 40. The molecule has 0 bridgehead atoms. The molecule has 0 saturated carbocycles. The van der Waals surface area contributed by atoms with E-state index in [9.17, 15) is 185 Å². The fourth-order valence-electron chi connectivity index (χ4n) is 0.492. The van der Waals surface area contributed by atoms with E-state index in [4.69, 9.17) is 20.4 Å². The van der Waals surface area contributed by atoms with E-state index >= 15 is 0 Å². The molecule has 0 aliphatic carbocycles. The second kappa shape index (κ2) is 318. The molecule has 0 heterocycles. The summed E-state index contributed by atoms with van der Waals surface area (Å²) in [4.78, 5) is 4.75. The number of aliphatic hydroxyl groups is 4. The molecule has 0 unspecified atom stereocenters. The Balaban J connectivity index is -0.0000000201. The van der Waals surface area contributed by atoms with E-state index in [2.05, 4.69) is 14.6 Å². The van der Waals surface area contributed by atoms with Crippen LogP contribution in [-0.4, -0.2) is 191 Å². The highest BCUT2D eigenvalue weighted by atomic mass is 19.3. The highest BCUT2D eigenvalue weighted by Crippen LogP contribution is 2.30. The molecule has 0 radical (unpaired) electrons. The molecule has 0 aromatic rings. The summed E-state index contributed by atoms with van der Waals surface area (Å²) in [7, 11) is 0. The zero-order valence-electron chi connectivity index (χ0n) is 40.9. The molecule has 49 heteroatoms. The van der Waals surface area contributed by atoms with Gasteiger partial charge in [0.25, 0.3) is 5.92 Å². The molecule has 7 nitrogen and oxygen atoms in total. The highest BCUT2D eigenvalue weighted by molar-refractivity contribution is 4.65. The molecule has 0 saturated heterocycles. The minimum atomic E-state index is -4.09. The van der Waals surface area contributed by atoms with E-state index in [0.29, 0.717) is 6.92 Å². The van der Waals surface area contributed by atoms with Crippen molar-refractivity contribution in [2.24, 2.45) is 0 Å². The fourth-order valence-corrected chi connectivity index (χ4v) is 0.492. The van der Waals surface area contributed by atoms with E-state index < -0.39 is 157 Å². The van der Waals surface area contributed by atoms with Crippen molar-refractivity contribution < 1.29 is 220 Å². The summed E-state index contributed by atoms with van der Waals surface area (Å²) < 4.78 is 422. The predicted octanol–water partition coefficient (Wildman–Crippen LogP) is 18.2. The third-order valence-corrected chi connectivity index (χ3v) is 0.864. The van der Waals surface area contributed by atoms with Crippen molar-refractivity contribution in [3.05, 3.63) is 0 Å². The van der Waals surface area contributed by atoms with Gasteiger partial charge in [-0.1, -0.05) is 0 Å². The van der Waals surface area contributed by atoms with Crippen LogP contribution < -0.4 is 0 Å². The van der Waals surface area contributed by atoms with Gasteiger partial charge in [-0.25, -0.2) is 154 Å². The van der Waals surface area contributed by atoms with Crippen LogP contribution in [0.25, 0.3) is 0 Å². The van der Waals surface area contributed by atoms with Crippen LogP contribution in [0, 0.1) is 0 Å². The van der Waals surface area contributed by atoms with Gasteiger partial charge in [0.05, 0.1) is 20.0 Å². The summed E-state index contributed by atoms with van der Waals surface area (Å²) in [5.41, 5.74) is 0. The fraction of sp³-hybridized carbons (Fsp3) is 1.00. The van der Waals surface area contributed by atoms with Crippen LogP contribution in [0.2, 0.25) is 0 Å². The molecule has 0 amide bonds. The average Bonchev–Trinajstić information content (AvgIpc) is 3.31. The maximum Gasteiger partial charge on any atom is 0.363 e. The number of rotatable bonds is 6. The topological polar surface area (TPSA) is 109 Å². The van der Waals surface area contributed by atoms with Gasteiger partial charge in [-0.15, -0.1) is 0 Å². The summed E-state index contributed by atoms with van der Waals surface area (Å²) in [5.74, 6) is -3.56. The molecule has 520 valence electrons. The molecule has 0 fully saturated rings. The van der Waals surface area contributed by atoms with Crippen LogP contribution in [0.1, 0.15) is 34.1 Å². The summed E-state index contributed by atoms with van der Waals surface area (Å²) in [6, 6.07) is 0. The molecule has 4 N–H and O–H groups in total. The highest BCUT2D eigenvalue weighted by Gasteiger charge is 2.41. The van der Waals surface area contributed by atoms with Gasteiger partial charge in [0.1, 0.15) is 6.42 Å². The van der Waals surface area contributed by atoms with E-state index in [1.807, 2.05) is 0 Å². The molecule has 0 atom stereocenters. The quantitative estimate of drug-likeness (QED) is 0.196.